The Labute approximate surface area is 142 Å². The number of aryl methyl sites for hydroxylation is 1. The minimum Gasteiger partial charge on any atom is -0.496 e. The number of hydrogen-bond donors (Lipinski definition) is 0. The van der Waals surface area contributed by atoms with Gasteiger partial charge >= 0.3 is 0 Å². The maximum absolute atomic E-state index is 12.8. The third-order valence-electron chi connectivity index (χ3n) is 4.79. The van der Waals surface area contributed by atoms with Crippen LogP contribution in [0.25, 0.3) is 0 Å². The van der Waals surface area contributed by atoms with Crippen molar-refractivity contribution in [3.63, 3.8) is 0 Å². The van der Waals surface area contributed by atoms with Crippen LogP contribution in [0, 0.1) is 6.92 Å². The van der Waals surface area contributed by atoms with Crippen molar-refractivity contribution in [2.75, 3.05) is 21.3 Å². The molecular weight excluding hydrogens is 312 g/mol. The summed E-state index contributed by atoms with van der Waals surface area (Å²) < 4.78 is 28.4. The average molecular weight is 336 g/mol. The molecule has 1 aromatic rings. The Morgan fingerprint density at radius 2 is 1.96 bits per heavy atom. The van der Waals surface area contributed by atoms with Crippen molar-refractivity contribution < 1.29 is 28.5 Å². The van der Waals surface area contributed by atoms with Crippen molar-refractivity contribution in [3.8, 4) is 11.5 Å². The van der Waals surface area contributed by atoms with Gasteiger partial charge in [0.25, 0.3) is 0 Å². The monoisotopic (exact) mass is 336 g/mol. The third kappa shape index (κ3) is 2.79. The Morgan fingerprint density at radius 1 is 1.21 bits per heavy atom. The number of benzene rings is 1. The summed E-state index contributed by atoms with van der Waals surface area (Å²) in [6.07, 6.45) is -0.143. The number of methoxy groups -OCH3 is 3. The second-order valence-corrected chi connectivity index (χ2v) is 6.59. The van der Waals surface area contributed by atoms with Crippen LogP contribution in [0.4, 0.5) is 0 Å². The van der Waals surface area contributed by atoms with Crippen LogP contribution in [0.1, 0.15) is 35.7 Å². The molecule has 4 atom stereocenters. The maximum Gasteiger partial charge on any atom is 0.174 e. The van der Waals surface area contributed by atoms with Crippen molar-refractivity contribution in [1.29, 1.82) is 0 Å². The zero-order valence-electron chi connectivity index (χ0n) is 14.8. The summed E-state index contributed by atoms with van der Waals surface area (Å²) in [6.45, 7) is 3.82. The molecule has 24 heavy (non-hydrogen) atoms. The highest BCUT2D eigenvalue weighted by atomic mass is 16.7. The summed E-state index contributed by atoms with van der Waals surface area (Å²) in [4.78, 5) is 12.8. The van der Waals surface area contributed by atoms with E-state index in [-0.39, 0.29) is 24.6 Å². The molecule has 2 aliphatic heterocycles. The fourth-order valence-electron chi connectivity index (χ4n) is 3.62. The summed E-state index contributed by atoms with van der Waals surface area (Å²) in [6, 6.07) is 3.70. The molecule has 0 unspecified atom stereocenters. The lowest BCUT2D eigenvalue weighted by Crippen LogP contribution is -2.53. The molecule has 1 aromatic carbocycles. The van der Waals surface area contributed by atoms with Crippen LogP contribution >= 0.6 is 0 Å². The van der Waals surface area contributed by atoms with Crippen molar-refractivity contribution in [1.82, 2.24) is 0 Å². The van der Waals surface area contributed by atoms with E-state index in [0.29, 0.717) is 23.5 Å². The molecule has 0 spiro atoms. The highest BCUT2D eigenvalue weighted by molar-refractivity contribution is 6.03. The molecule has 0 N–H and O–H groups in total. The lowest BCUT2D eigenvalue weighted by atomic mass is 9.84. The number of carbonyl (C=O) groups is 1. The van der Waals surface area contributed by atoms with E-state index in [0.717, 1.165) is 5.56 Å². The minimum atomic E-state index is -0.823. The number of ether oxygens (including phenoxy) is 5. The van der Waals surface area contributed by atoms with Crippen molar-refractivity contribution in [2.45, 2.75) is 50.8 Å². The normalized spacial score (nSPS) is 32.4. The standard InChI is InChI=1S/C18H24O6/c1-10-6-12(20-3)16-11(19)9-18(2,24-13(16)7-10)17-14(21-4)8-15(22-5)23-17/h6-7,14-15,17H,8-9H2,1-5H3/t14-,15-,17+,18+/m0/s1. The molecule has 0 saturated carbocycles. The first-order chi connectivity index (χ1) is 11.4. The molecule has 2 heterocycles. The molecule has 2 aliphatic rings. The number of ketones is 1. The van der Waals surface area contributed by atoms with Gasteiger partial charge < -0.3 is 23.7 Å². The molecule has 6 heteroatoms. The number of Topliss-reactive ketones (excluding diaryl/α,β-unsaturated/α-hetero) is 1. The first-order valence-corrected chi connectivity index (χ1v) is 8.03. The molecule has 0 aliphatic carbocycles. The van der Waals surface area contributed by atoms with Crippen LogP contribution in [0.2, 0.25) is 0 Å². The van der Waals surface area contributed by atoms with E-state index in [9.17, 15) is 4.79 Å². The fraction of sp³-hybridized carbons (Fsp3) is 0.611. The van der Waals surface area contributed by atoms with Gasteiger partial charge in [0.15, 0.2) is 12.1 Å². The smallest absolute Gasteiger partial charge is 0.174 e. The quantitative estimate of drug-likeness (QED) is 0.842. The van der Waals surface area contributed by atoms with E-state index in [4.69, 9.17) is 23.7 Å². The summed E-state index contributed by atoms with van der Waals surface area (Å²) in [5.41, 5.74) is 0.639. The van der Waals surface area contributed by atoms with Gasteiger partial charge in [0.05, 0.1) is 19.6 Å². The Bertz CT molecular complexity index is 643. The van der Waals surface area contributed by atoms with Gasteiger partial charge in [-0.15, -0.1) is 0 Å². The minimum absolute atomic E-state index is 0.0186. The summed E-state index contributed by atoms with van der Waals surface area (Å²) in [7, 11) is 4.78. The van der Waals surface area contributed by atoms with Crippen LogP contribution < -0.4 is 9.47 Å². The van der Waals surface area contributed by atoms with Gasteiger partial charge in [0.1, 0.15) is 28.8 Å². The molecule has 132 valence electrons. The van der Waals surface area contributed by atoms with Crippen molar-refractivity contribution in [3.05, 3.63) is 23.3 Å². The maximum atomic E-state index is 12.8. The van der Waals surface area contributed by atoms with Gasteiger partial charge in [-0.3, -0.25) is 4.79 Å². The first-order valence-electron chi connectivity index (χ1n) is 8.03. The van der Waals surface area contributed by atoms with E-state index in [1.54, 1.807) is 21.3 Å². The second-order valence-electron chi connectivity index (χ2n) is 6.59. The van der Waals surface area contributed by atoms with Gasteiger partial charge in [0, 0.05) is 20.6 Å². The number of hydrogen-bond acceptors (Lipinski definition) is 6. The van der Waals surface area contributed by atoms with Crippen molar-refractivity contribution >= 4 is 5.78 Å². The van der Waals surface area contributed by atoms with E-state index >= 15 is 0 Å². The Balaban J connectivity index is 1.97. The number of fused-ring (bicyclic) bond motifs is 1. The predicted molar refractivity (Wildman–Crippen MR) is 86.8 cm³/mol. The molecular formula is C18H24O6. The SMILES string of the molecule is COc1cc(C)cc2c1C(=O)C[C@](C)([C@@H]1O[C@H](OC)C[C@@H]1OC)O2. The Kier molecular flexibility index (Phi) is 4.55. The van der Waals surface area contributed by atoms with Crippen molar-refractivity contribution in [2.24, 2.45) is 0 Å². The zero-order chi connectivity index (χ0) is 17.5. The van der Waals surface area contributed by atoms with Crippen LogP contribution in [0.5, 0.6) is 11.5 Å². The molecule has 0 amide bonds. The van der Waals surface area contributed by atoms with Crippen LogP contribution in [-0.4, -0.2) is 51.2 Å². The lowest BCUT2D eigenvalue weighted by molar-refractivity contribution is -0.167. The van der Waals surface area contributed by atoms with E-state index in [1.165, 1.54) is 0 Å². The molecule has 1 fully saturated rings. The molecule has 1 saturated heterocycles. The topological polar surface area (TPSA) is 63.2 Å². The van der Waals surface area contributed by atoms with Crippen LogP contribution in [-0.2, 0) is 14.2 Å². The number of rotatable bonds is 4. The first kappa shape index (κ1) is 17.2. The summed E-state index contributed by atoms with van der Waals surface area (Å²) >= 11 is 0. The van der Waals surface area contributed by atoms with E-state index in [2.05, 4.69) is 0 Å². The fourth-order valence-corrected chi connectivity index (χ4v) is 3.62. The molecule has 0 bridgehead atoms. The van der Waals surface area contributed by atoms with E-state index < -0.39 is 11.7 Å². The summed E-state index contributed by atoms with van der Waals surface area (Å²) in [5, 5.41) is 0. The second kappa shape index (κ2) is 6.35. The Hall–Kier alpha value is -1.63. The highest BCUT2D eigenvalue weighted by Gasteiger charge is 2.52. The molecule has 0 aromatic heterocycles. The molecule has 3 rings (SSSR count). The highest BCUT2D eigenvalue weighted by Crippen LogP contribution is 2.44. The molecule has 6 nitrogen and oxygen atoms in total. The van der Waals surface area contributed by atoms with Gasteiger partial charge in [-0.2, -0.15) is 0 Å². The number of carbonyl (C=O) groups excluding carboxylic acids is 1. The largest absolute Gasteiger partial charge is 0.496 e. The average Bonchev–Trinajstić information content (AvgIpc) is 2.97. The van der Waals surface area contributed by atoms with Gasteiger partial charge in [-0.1, -0.05) is 0 Å². The predicted octanol–water partition coefficient (Wildman–Crippen LogP) is 2.50. The van der Waals surface area contributed by atoms with Gasteiger partial charge in [-0.05, 0) is 31.5 Å². The zero-order valence-corrected chi connectivity index (χ0v) is 14.8. The summed E-state index contributed by atoms with van der Waals surface area (Å²) in [5.74, 6) is 1.06. The lowest BCUT2D eigenvalue weighted by Gasteiger charge is -2.40. The van der Waals surface area contributed by atoms with Crippen LogP contribution in [0.3, 0.4) is 0 Å². The van der Waals surface area contributed by atoms with Crippen LogP contribution in [0.15, 0.2) is 12.1 Å². The molecule has 0 radical (unpaired) electrons. The van der Waals surface area contributed by atoms with Gasteiger partial charge in [-0.25, -0.2) is 0 Å². The van der Waals surface area contributed by atoms with E-state index in [1.807, 2.05) is 26.0 Å². The Morgan fingerprint density at radius 3 is 2.58 bits per heavy atom. The third-order valence-corrected chi connectivity index (χ3v) is 4.79. The van der Waals surface area contributed by atoms with Gasteiger partial charge in [0.2, 0.25) is 0 Å².